The fourth-order valence-electron chi connectivity index (χ4n) is 1.85. The van der Waals surface area contributed by atoms with Crippen molar-refractivity contribution in [2.24, 2.45) is 0 Å². The molecule has 16 heavy (non-hydrogen) atoms. The second-order valence-electron chi connectivity index (χ2n) is 3.95. The van der Waals surface area contributed by atoms with Crippen LogP contribution < -0.4 is 4.90 Å². The van der Waals surface area contributed by atoms with Crippen LogP contribution in [0, 0.1) is 0 Å². The Bertz CT molecular complexity index is 468. The molecule has 0 N–H and O–H groups in total. The summed E-state index contributed by atoms with van der Waals surface area (Å²) in [7, 11) is 1.74. The van der Waals surface area contributed by atoms with E-state index in [-0.39, 0.29) is 11.7 Å². The Kier molecular flexibility index (Phi) is 2.72. The summed E-state index contributed by atoms with van der Waals surface area (Å²) in [5.74, 6) is -0.0509. The van der Waals surface area contributed by atoms with E-state index in [0.29, 0.717) is 12.0 Å². The Labute approximate surface area is 99.0 Å². The van der Waals surface area contributed by atoms with Gasteiger partial charge in [0.25, 0.3) is 0 Å². The zero-order chi connectivity index (χ0) is 11.9. The number of likely N-dealkylation sites (N-methyl/N-ethyl adjacent to an activating group) is 1. The standard InChI is InChI=1S/C12H12ClNO2/c1-7(13)12(16)8-3-4-10-9(5-8)6-11(15)14(10)2/h3-5,7H,6H2,1-2H3/t7-/m0/s1. The predicted octanol–water partition coefficient (Wildman–Crippen LogP) is 2.02. The van der Waals surface area contributed by atoms with E-state index in [1.165, 1.54) is 0 Å². The molecule has 1 amide bonds. The lowest BCUT2D eigenvalue weighted by Crippen LogP contribution is -2.20. The molecule has 4 heteroatoms. The molecule has 1 aromatic carbocycles. The highest BCUT2D eigenvalue weighted by atomic mass is 35.5. The van der Waals surface area contributed by atoms with Gasteiger partial charge in [-0.2, -0.15) is 0 Å². The number of benzene rings is 1. The van der Waals surface area contributed by atoms with E-state index in [9.17, 15) is 9.59 Å². The number of rotatable bonds is 2. The number of hydrogen-bond acceptors (Lipinski definition) is 2. The molecule has 1 atom stereocenters. The molecule has 0 saturated carbocycles. The van der Waals surface area contributed by atoms with Crippen LogP contribution in [0.2, 0.25) is 0 Å². The van der Waals surface area contributed by atoms with E-state index in [1.807, 2.05) is 0 Å². The molecule has 0 aliphatic carbocycles. The molecule has 0 aromatic heterocycles. The number of amides is 1. The molecule has 0 radical (unpaired) electrons. The maximum atomic E-state index is 11.7. The molecule has 0 unspecified atom stereocenters. The number of carbonyl (C=O) groups excluding carboxylic acids is 2. The van der Waals surface area contributed by atoms with Gasteiger partial charge in [-0.05, 0) is 30.7 Å². The van der Waals surface area contributed by atoms with Gasteiger partial charge in [0.2, 0.25) is 5.91 Å². The van der Waals surface area contributed by atoms with Gasteiger partial charge in [-0.1, -0.05) is 0 Å². The Morgan fingerprint density at radius 1 is 1.50 bits per heavy atom. The molecule has 0 bridgehead atoms. The van der Waals surface area contributed by atoms with Crippen molar-refractivity contribution in [3.05, 3.63) is 29.3 Å². The summed E-state index contributed by atoms with van der Waals surface area (Å²) < 4.78 is 0. The summed E-state index contributed by atoms with van der Waals surface area (Å²) in [6.45, 7) is 1.65. The zero-order valence-corrected chi connectivity index (χ0v) is 9.91. The van der Waals surface area contributed by atoms with Crippen molar-refractivity contribution in [3.63, 3.8) is 0 Å². The quantitative estimate of drug-likeness (QED) is 0.583. The van der Waals surface area contributed by atoms with Crippen molar-refractivity contribution in [1.29, 1.82) is 0 Å². The van der Waals surface area contributed by atoms with Gasteiger partial charge in [0.1, 0.15) is 0 Å². The number of Topliss-reactive ketones (excluding diaryl/α,β-unsaturated/α-hetero) is 1. The maximum absolute atomic E-state index is 11.7. The highest BCUT2D eigenvalue weighted by Crippen LogP contribution is 2.28. The smallest absolute Gasteiger partial charge is 0.231 e. The van der Waals surface area contributed by atoms with Crippen molar-refractivity contribution in [2.75, 3.05) is 11.9 Å². The molecule has 0 fully saturated rings. The van der Waals surface area contributed by atoms with E-state index in [4.69, 9.17) is 11.6 Å². The highest BCUT2D eigenvalue weighted by Gasteiger charge is 2.25. The number of ketones is 1. The second-order valence-corrected chi connectivity index (χ2v) is 4.61. The lowest BCUT2D eigenvalue weighted by molar-refractivity contribution is -0.117. The molecule has 0 saturated heterocycles. The van der Waals surface area contributed by atoms with Crippen LogP contribution in [0.25, 0.3) is 0 Å². The number of carbonyl (C=O) groups is 2. The minimum atomic E-state index is -0.534. The number of hydrogen-bond donors (Lipinski definition) is 0. The minimum Gasteiger partial charge on any atom is -0.315 e. The molecule has 1 aliphatic rings. The number of alkyl halides is 1. The van der Waals surface area contributed by atoms with E-state index in [0.717, 1.165) is 11.3 Å². The largest absolute Gasteiger partial charge is 0.315 e. The molecule has 2 rings (SSSR count). The van der Waals surface area contributed by atoms with Gasteiger partial charge in [0, 0.05) is 18.3 Å². The number of anilines is 1. The first-order valence-electron chi connectivity index (χ1n) is 5.08. The Balaban J connectivity index is 2.39. The lowest BCUT2D eigenvalue weighted by Gasteiger charge is -2.10. The van der Waals surface area contributed by atoms with Gasteiger partial charge in [-0.15, -0.1) is 11.6 Å². The normalized spacial score (nSPS) is 16.2. The average Bonchev–Trinajstić information content (AvgIpc) is 2.53. The molecule has 1 heterocycles. The first-order valence-corrected chi connectivity index (χ1v) is 5.52. The predicted molar refractivity (Wildman–Crippen MR) is 63.2 cm³/mol. The summed E-state index contributed by atoms with van der Waals surface area (Å²) in [4.78, 5) is 24.7. The van der Waals surface area contributed by atoms with Crippen LogP contribution in [-0.4, -0.2) is 24.1 Å². The summed E-state index contributed by atoms with van der Waals surface area (Å²) in [6.07, 6.45) is 0.365. The SMILES string of the molecule is C[C@H](Cl)C(=O)c1ccc2c(c1)CC(=O)N2C. The van der Waals surface area contributed by atoms with Crippen LogP contribution in [-0.2, 0) is 11.2 Å². The van der Waals surface area contributed by atoms with Crippen LogP contribution in [0.15, 0.2) is 18.2 Å². The summed E-state index contributed by atoms with van der Waals surface area (Å²) in [5, 5.41) is -0.534. The van der Waals surface area contributed by atoms with Gasteiger partial charge in [0.15, 0.2) is 5.78 Å². The van der Waals surface area contributed by atoms with Crippen molar-refractivity contribution in [1.82, 2.24) is 0 Å². The van der Waals surface area contributed by atoms with Crippen molar-refractivity contribution in [3.8, 4) is 0 Å². The van der Waals surface area contributed by atoms with Crippen LogP contribution in [0.3, 0.4) is 0 Å². The van der Waals surface area contributed by atoms with Gasteiger partial charge >= 0.3 is 0 Å². The summed E-state index contributed by atoms with van der Waals surface area (Å²) in [5.41, 5.74) is 2.35. The van der Waals surface area contributed by atoms with Crippen LogP contribution in [0.4, 0.5) is 5.69 Å². The molecule has 84 valence electrons. The monoisotopic (exact) mass is 237 g/mol. The Morgan fingerprint density at radius 3 is 2.81 bits per heavy atom. The molecule has 1 aliphatic heterocycles. The van der Waals surface area contributed by atoms with E-state index < -0.39 is 5.38 Å². The second kappa shape index (κ2) is 3.91. The fourth-order valence-corrected chi connectivity index (χ4v) is 1.98. The summed E-state index contributed by atoms with van der Waals surface area (Å²) >= 11 is 5.74. The van der Waals surface area contributed by atoms with Gasteiger partial charge in [0.05, 0.1) is 11.8 Å². The van der Waals surface area contributed by atoms with Gasteiger partial charge in [-0.3, -0.25) is 9.59 Å². The molecule has 1 aromatic rings. The fraction of sp³-hybridized carbons (Fsp3) is 0.333. The summed E-state index contributed by atoms with van der Waals surface area (Å²) in [6, 6.07) is 5.28. The minimum absolute atomic E-state index is 0.0542. The van der Waals surface area contributed by atoms with Crippen molar-refractivity contribution < 1.29 is 9.59 Å². The number of fused-ring (bicyclic) bond motifs is 1. The van der Waals surface area contributed by atoms with E-state index in [1.54, 1.807) is 37.1 Å². The first kappa shape index (κ1) is 11.1. The zero-order valence-electron chi connectivity index (χ0n) is 9.16. The highest BCUT2D eigenvalue weighted by molar-refractivity contribution is 6.33. The molecule has 3 nitrogen and oxygen atoms in total. The van der Waals surface area contributed by atoms with Crippen LogP contribution >= 0.6 is 11.6 Å². The Morgan fingerprint density at radius 2 is 2.19 bits per heavy atom. The number of nitrogens with zero attached hydrogens (tertiary/aromatic N) is 1. The third-order valence-electron chi connectivity index (χ3n) is 2.80. The van der Waals surface area contributed by atoms with Crippen LogP contribution in [0.5, 0.6) is 0 Å². The topological polar surface area (TPSA) is 37.4 Å². The maximum Gasteiger partial charge on any atom is 0.231 e. The van der Waals surface area contributed by atoms with Gasteiger partial charge in [-0.25, -0.2) is 0 Å². The first-order chi connectivity index (χ1) is 7.50. The van der Waals surface area contributed by atoms with Crippen molar-refractivity contribution in [2.45, 2.75) is 18.7 Å². The molecular formula is C12H12ClNO2. The van der Waals surface area contributed by atoms with Crippen LogP contribution in [0.1, 0.15) is 22.8 Å². The number of halogens is 1. The van der Waals surface area contributed by atoms with E-state index >= 15 is 0 Å². The third-order valence-corrected chi connectivity index (χ3v) is 3.00. The molecule has 0 spiro atoms. The van der Waals surface area contributed by atoms with E-state index in [2.05, 4.69) is 0 Å². The molecular weight excluding hydrogens is 226 g/mol. The van der Waals surface area contributed by atoms with Crippen molar-refractivity contribution >= 4 is 29.0 Å². The Hall–Kier alpha value is -1.35. The average molecular weight is 238 g/mol. The third kappa shape index (κ3) is 1.71. The lowest BCUT2D eigenvalue weighted by atomic mass is 10.0. The van der Waals surface area contributed by atoms with Gasteiger partial charge < -0.3 is 4.90 Å².